The minimum Gasteiger partial charge on any atom is -0.406 e. The number of rotatable bonds is 6. The van der Waals surface area contributed by atoms with Crippen molar-refractivity contribution in [2.45, 2.75) is 19.8 Å². The molecule has 1 aromatic carbocycles. The van der Waals surface area contributed by atoms with Crippen LogP contribution in [0.2, 0.25) is 0 Å². The summed E-state index contributed by atoms with van der Waals surface area (Å²) in [6, 6.07) is 10.3. The highest BCUT2D eigenvalue weighted by Crippen LogP contribution is 2.27. The van der Waals surface area contributed by atoms with Crippen LogP contribution >= 0.6 is 0 Å². The summed E-state index contributed by atoms with van der Waals surface area (Å²) in [5.74, 6) is 0.282. The van der Waals surface area contributed by atoms with Crippen LogP contribution in [0.5, 0.6) is 5.75 Å². The first kappa shape index (κ1) is 20.9. The molecule has 3 heterocycles. The number of hydrogen-bond donors (Lipinski definition) is 0. The van der Waals surface area contributed by atoms with Crippen molar-refractivity contribution in [1.29, 1.82) is 0 Å². The lowest BCUT2D eigenvalue weighted by atomic mass is 10.2. The molecule has 0 fully saturated rings. The van der Waals surface area contributed by atoms with Crippen molar-refractivity contribution in [3.8, 4) is 28.7 Å². The molecule has 4 aromatic rings. The maximum atomic E-state index is 12.3. The Kier molecular flexibility index (Phi) is 5.48. The molecule has 4 rings (SSSR count). The zero-order chi connectivity index (χ0) is 22.7. The van der Waals surface area contributed by atoms with Crippen LogP contribution in [-0.4, -0.2) is 31.3 Å². The normalized spacial score (nSPS) is 11.2. The fraction of sp³-hybridized carbons (Fsp3) is 0.158. The summed E-state index contributed by atoms with van der Waals surface area (Å²) in [5.41, 5.74) is 11.0. The van der Waals surface area contributed by atoms with E-state index in [-0.39, 0.29) is 23.3 Å². The van der Waals surface area contributed by atoms with E-state index in [1.54, 1.807) is 29.1 Å². The molecule has 0 aliphatic rings. The van der Waals surface area contributed by atoms with Crippen molar-refractivity contribution in [3.63, 3.8) is 0 Å². The number of benzene rings is 1. The molecule has 0 N–H and O–H groups in total. The first-order chi connectivity index (χ1) is 15.3. The maximum absolute atomic E-state index is 12.3. The number of ether oxygens (including phenoxy) is 1. The summed E-state index contributed by atoms with van der Waals surface area (Å²) in [7, 11) is 0. The minimum absolute atomic E-state index is 0.161. The largest absolute Gasteiger partial charge is 0.573 e. The van der Waals surface area contributed by atoms with Gasteiger partial charge in [0.25, 0.3) is 5.89 Å². The summed E-state index contributed by atoms with van der Waals surface area (Å²) in [6.45, 7) is 2.27. The Bertz CT molecular complexity index is 1270. The van der Waals surface area contributed by atoms with Crippen molar-refractivity contribution >= 4 is 5.82 Å². The number of halogens is 3. The first-order valence-corrected chi connectivity index (χ1v) is 9.05. The first-order valence-electron chi connectivity index (χ1n) is 9.05. The van der Waals surface area contributed by atoms with E-state index in [1.165, 1.54) is 24.3 Å². The van der Waals surface area contributed by atoms with Gasteiger partial charge in [-0.1, -0.05) is 11.2 Å². The van der Waals surface area contributed by atoms with Crippen molar-refractivity contribution in [2.24, 2.45) is 5.11 Å². The Morgan fingerprint density at radius 2 is 1.97 bits per heavy atom. The van der Waals surface area contributed by atoms with E-state index in [9.17, 15) is 13.2 Å². The molecule has 10 nitrogen and oxygen atoms in total. The van der Waals surface area contributed by atoms with Gasteiger partial charge in [0.2, 0.25) is 5.82 Å². The number of aryl methyl sites for hydroxylation is 1. The van der Waals surface area contributed by atoms with Gasteiger partial charge >= 0.3 is 6.36 Å². The monoisotopic (exact) mass is 442 g/mol. The summed E-state index contributed by atoms with van der Waals surface area (Å²) < 4.78 is 47.7. The van der Waals surface area contributed by atoms with Gasteiger partial charge in [-0.2, -0.15) is 10.1 Å². The molecule has 0 amide bonds. The van der Waals surface area contributed by atoms with E-state index in [1.807, 2.05) is 6.92 Å². The molecule has 3 aromatic heterocycles. The molecule has 0 saturated carbocycles. The maximum Gasteiger partial charge on any atom is 0.573 e. The van der Waals surface area contributed by atoms with Gasteiger partial charge in [-0.3, -0.25) is 9.67 Å². The molecular weight excluding hydrogens is 429 g/mol. The SMILES string of the molecule is Cc1cc(-c2nc(-c3ccc(OC(F)(F)F)cc3)no2)nn1Cc1ccc(N=[N+]=[N-])nc1. The van der Waals surface area contributed by atoms with E-state index < -0.39 is 6.36 Å². The number of alkyl halides is 3. The molecule has 13 heteroatoms. The number of azide groups is 1. The van der Waals surface area contributed by atoms with Crippen molar-refractivity contribution in [1.82, 2.24) is 24.9 Å². The Morgan fingerprint density at radius 3 is 2.62 bits per heavy atom. The lowest BCUT2D eigenvalue weighted by molar-refractivity contribution is -0.274. The lowest BCUT2D eigenvalue weighted by Gasteiger charge is -2.08. The van der Waals surface area contributed by atoms with Crippen LogP contribution in [0.15, 0.2) is 58.3 Å². The predicted molar refractivity (Wildman–Crippen MR) is 105 cm³/mol. The number of pyridine rings is 1. The van der Waals surface area contributed by atoms with Crippen LogP contribution in [0.4, 0.5) is 19.0 Å². The van der Waals surface area contributed by atoms with Gasteiger partial charge in [0.05, 0.1) is 6.54 Å². The molecule has 0 aliphatic carbocycles. The fourth-order valence-electron chi connectivity index (χ4n) is 2.81. The van der Waals surface area contributed by atoms with E-state index in [4.69, 9.17) is 10.1 Å². The van der Waals surface area contributed by atoms with Crippen molar-refractivity contribution < 1.29 is 22.4 Å². The number of hydrogen-bond acceptors (Lipinski definition) is 7. The summed E-state index contributed by atoms with van der Waals surface area (Å²) >= 11 is 0. The van der Waals surface area contributed by atoms with E-state index in [2.05, 4.69) is 35.0 Å². The van der Waals surface area contributed by atoms with Gasteiger partial charge in [0.15, 0.2) is 5.69 Å². The van der Waals surface area contributed by atoms with Crippen LogP contribution in [0.3, 0.4) is 0 Å². The molecular formula is C19H13F3N8O2. The lowest BCUT2D eigenvalue weighted by Crippen LogP contribution is -2.16. The molecule has 0 saturated heterocycles. The highest BCUT2D eigenvalue weighted by Gasteiger charge is 2.31. The highest BCUT2D eigenvalue weighted by atomic mass is 19.4. The Balaban J connectivity index is 1.50. The second-order valence-electron chi connectivity index (χ2n) is 6.54. The number of nitrogens with zero attached hydrogens (tertiary/aromatic N) is 8. The third kappa shape index (κ3) is 4.84. The second kappa shape index (κ2) is 8.40. The standard InChI is InChI=1S/C19H13F3N8O2/c1-11-8-15(27-30(11)10-12-2-7-16(24-9-12)26-29-23)18-25-17(28-32-18)13-3-5-14(6-4-13)31-19(20,21)22/h2-9H,10H2,1H3. The van der Waals surface area contributed by atoms with E-state index >= 15 is 0 Å². The van der Waals surface area contributed by atoms with Crippen molar-refractivity contribution in [2.75, 3.05) is 0 Å². The van der Waals surface area contributed by atoms with E-state index in [0.29, 0.717) is 17.8 Å². The van der Waals surface area contributed by atoms with Gasteiger partial charge in [-0.25, -0.2) is 0 Å². The third-order valence-corrected chi connectivity index (χ3v) is 4.26. The quantitative estimate of drug-likeness (QED) is 0.230. The van der Waals surface area contributed by atoms with Gasteiger partial charge in [-0.05, 0) is 59.5 Å². The fourth-order valence-corrected chi connectivity index (χ4v) is 2.81. The zero-order valence-corrected chi connectivity index (χ0v) is 16.4. The summed E-state index contributed by atoms with van der Waals surface area (Å²) in [6.07, 6.45) is -3.18. The molecule has 0 unspecified atom stereocenters. The zero-order valence-electron chi connectivity index (χ0n) is 16.4. The van der Waals surface area contributed by atoms with Crippen LogP contribution in [0.1, 0.15) is 11.3 Å². The van der Waals surface area contributed by atoms with E-state index in [0.717, 1.165) is 11.3 Å². The average Bonchev–Trinajstić information content (AvgIpc) is 3.37. The van der Waals surface area contributed by atoms with Crippen molar-refractivity contribution in [3.05, 3.63) is 70.4 Å². The number of aromatic nitrogens is 5. The topological polar surface area (TPSA) is 128 Å². The van der Waals surface area contributed by atoms with Crippen LogP contribution in [0, 0.1) is 6.92 Å². The average molecular weight is 442 g/mol. The molecule has 0 spiro atoms. The van der Waals surface area contributed by atoms with Crippen LogP contribution in [0.25, 0.3) is 33.4 Å². The van der Waals surface area contributed by atoms with Gasteiger partial charge in [0, 0.05) is 22.4 Å². The van der Waals surface area contributed by atoms with Crippen LogP contribution in [-0.2, 0) is 6.54 Å². The smallest absolute Gasteiger partial charge is 0.406 e. The molecule has 162 valence electrons. The predicted octanol–water partition coefficient (Wildman–Crippen LogP) is 5.19. The molecule has 0 radical (unpaired) electrons. The summed E-state index contributed by atoms with van der Waals surface area (Å²) in [5, 5.41) is 11.8. The molecule has 32 heavy (non-hydrogen) atoms. The molecule has 0 aliphatic heterocycles. The Labute approximate surface area is 177 Å². The van der Waals surface area contributed by atoms with Gasteiger partial charge < -0.3 is 9.26 Å². The van der Waals surface area contributed by atoms with Gasteiger partial charge in [-0.15, -0.1) is 13.2 Å². The van der Waals surface area contributed by atoms with Gasteiger partial charge in [0.1, 0.15) is 11.6 Å². The second-order valence-corrected chi connectivity index (χ2v) is 6.54. The molecule has 0 bridgehead atoms. The Hall–Kier alpha value is -4.38. The minimum atomic E-state index is -4.76. The highest BCUT2D eigenvalue weighted by molar-refractivity contribution is 5.58. The molecule has 0 atom stereocenters. The van der Waals surface area contributed by atoms with Crippen LogP contribution < -0.4 is 4.74 Å². The summed E-state index contributed by atoms with van der Waals surface area (Å²) in [4.78, 5) is 11.0. The Morgan fingerprint density at radius 1 is 1.19 bits per heavy atom. The third-order valence-electron chi connectivity index (χ3n) is 4.26.